The van der Waals surface area contributed by atoms with Gasteiger partial charge in [-0.25, -0.2) is 0 Å². The lowest BCUT2D eigenvalue weighted by Gasteiger charge is -2.41. The van der Waals surface area contributed by atoms with E-state index in [0.29, 0.717) is 25.7 Å². The maximum Gasteiger partial charge on any atom is 0.309 e. The fraction of sp³-hybridized carbons (Fsp3) is 0.526. The summed E-state index contributed by atoms with van der Waals surface area (Å²) in [6.45, 7) is 6.22. The van der Waals surface area contributed by atoms with Crippen LogP contribution < -0.4 is 0 Å². The second-order valence-corrected chi connectivity index (χ2v) is 7.27. The highest BCUT2D eigenvalue weighted by molar-refractivity contribution is 5.70. The van der Waals surface area contributed by atoms with Gasteiger partial charge in [0.1, 0.15) is 11.5 Å². The van der Waals surface area contributed by atoms with E-state index in [0.717, 1.165) is 44.2 Å². The molecule has 0 bridgehead atoms. The van der Waals surface area contributed by atoms with E-state index in [-0.39, 0.29) is 5.92 Å². The highest BCUT2D eigenvalue weighted by Gasteiger charge is 2.36. The summed E-state index contributed by atoms with van der Waals surface area (Å²) < 4.78 is 11.0. The number of furan rings is 2. The number of fused-ring (bicyclic) bond motifs is 1. The average Bonchev–Trinajstić information content (AvgIpc) is 3.26. The van der Waals surface area contributed by atoms with Gasteiger partial charge in [0.15, 0.2) is 0 Å². The van der Waals surface area contributed by atoms with Gasteiger partial charge in [-0.05, 0) is 24.3 Å². The van der Waals surface area contributed by atoms with Crippen molar-refractivity contribution in [2.45, 2.75) is 19.1 Å². The molecular formula is C19H25N3O4. The SMILES string of the molecule is O=C(O)[C@@H]1CN(Cc2ccco2)C[C@@H]2CN(Cc3ccco3)CCN2C1. The van der Waals surface area contributed by atoms with Crippen molar-refractivity contribution in [3.63, 3.8) is 0 Å². The Balaban J connectivity index is 1.46. The highest BCUT2D eigenvalue weighted by atomic mass is 16.4. The molecule has 7 nitrogen and oxygen atoms in total. The average molecular weight is 359 g/mol. The minimum absolute atomic E-state index is 0.318. The van der Waals surface area contributed by atoms with E-state index >= 15 is 0 Å². The third-order valence-electron chi connectivity index (χ3n) is 5.36. The molecule has 2 aromatic rings. The molecule has 2 fully saturated rings. The van der Waals surface area contributed by atoms with Crippen molar-refractivity contribution >= 4 is 5.97 Å². The Morgan fingerprint density at radius 3 is 2.23 bits per heavy atom. The number of hydrogen-bond acceptors (Lipinski definition) is 6. The van der Waals surface area contributed by atoms with Crippen molar-refractivity contribution in [3.05, 3.63) is 48.3 Å². The Kier molecular flexibility index (Phi) is 5.10. The Morgan fingerprint density at radius 2 is 1.62 bits per heavy atom. The first-order valence-electron chi connectivity index (χ1n) is 9.13. The summed E-state index contributed by atoms with van der Waals surface area (Å²) in [6.07, 6.45) is 3.37. The van der Waals surface area contributed by atoms with Gasteiger partial charge in [-0.3, -0.25) is 19.5 Å². The van der Waals surface area contributed by atoms with Crippen molar-refractivity contribution in [1.82, 2.24) is 14.7 Å². The first-order valence-corrected chi connectivity index (χ1v) is 9.13. The number of aliphatic carboxylic acids is 1. The molecule has 4 rings (SSSR count). The Morgan fingerprint density at radius 1 is 0.962 bits per heavy atom. The van der Waals surface area contributed by atoms with Crippen LogP contribution in [0.25, 0.3) is 0 Å². The molecule has 2 aromatic heterocycles. The van der Waals surface area contributed by atoms with Crippen LogP contribution in [0.3, 0.4) is 0 Å². The molecule has 7 heteroatoms. The van der Waals surface area contributed by atoms with Crippen LogP contribution in [0.4, 0.5) is 0 Å². The predicted octanol–water partition coefficient (Wildman–Crippen LogP) is 1.58. The molecule has 4 heterocycles. The Bertz CT molecular complexity index is 700. The van der Waals surface area contributed by atoms with Crippen LogP contribution in [0.15, 0.2) is 45.6 Å². The van der Waals surface area contributed by atoms with Crippen LogP contribution in [0, 0.1) is 5.92 Å². The lowest BCUT2D eigenvalue weighted by Crippen LogP contribution is -2.55. The minimum atomic E-state index is -0.715. The summed E-state index contributed by atoms with van der Waals surface area (Å²) in [5.41, 5.74) is 0. The molecule has 2 aliphatic rings. The van der Waals surface area contributed by atoms with E-state index in [2.05, 4.69) is 14.7 Å². The zero-order valence-corrected chi connectivity index (χ0v) is 14.8. The van der Waals surface area contributed by atoms with Crippen molar-refractivity contribution in [3.8, 4) is 0 Å². The summed E-state index contributed by atoms with van der Waals surface area (Å²) in [5, 5.41) is 9.62. The van der Waals surface area contributed by atoms with Crippen molar-refractivity contribution in [2.75, 3.05) is 39.3 Å². The summed E-state index contributed by atoms with van der Waals surface area (Å²) in [5.74, 6) is 0.772. The second-order valence-electron chi connectivity index (χ2n) is 7.27. The molecule has 0 aromatic carbocycles. The first kappa shape index (κ1) is 17.3. The van der Waals surface area contributed by atoms with Gasteiger partial charge >= 0.3 is 5.97 Å². The van der Waals surface area contributed by atoms with Crippen molar-refractivity contribution in [2.24, 2.45) is 5.92 Å². The number of rotatable bonds is 5. The van der Waals surface area contributed by atoms with Gasteiger partial charge in [-0.2, -0.15) is 0 Å². The van der Waals surface area contributed by atoms with E-state index in [4.69, 9.17) is 8.83 Å². The number of carboxylic acids is 1. The zero-order valence-electron chi connectivity index (χ0n) is 14.8. The number of carboxylic acid groups (broad SMARTS) is 1. The molecule has 0 saturated carbocycles. The predicted molar refractivity (Wildman–Crippen MR) is 94.5 cm³/mol. The number of hydrogen-bond donors (Lipinski definition) is 1. The van der Waals surface area contributed by atoms with Gasteiger partial charge in [-0.1, -0.05) is 0 Å². The van der Waals surface area contributed by atoms with Crippen LogP contribution in [-0.4, -0.2) is 71.1 Å². The summed E-state index contributed by atoms with van der Waals surface area (Å²) in [7, 11) is 0. The number of carbonyl (C=O) groups is 1. The molecule has 2 saturated heterocycles. The monoisotopic (exact) mass is 359 g/mol. The standard InChI is InChI=1S/C19H25N3O4/c23-19(24)15-9-21(14-18-4-2-8-26-18)12-16-11-20(5-6-22(16)10-15)13-17-3-1-7-25-17/h1-4,7-8,15-16H,5-6,9-14H2,(H,23,24)/t15-,16+/m1/s1. The second kappa shape index (κ2) is 7.65. The molecule has 0 spiro atoms. The van der Waals surface area contributed by atoms with Gasteiger partial charge in [0.05, 0.1) is 31.5 Å². The van der Waals surface area contributed by atoms with Crippen LogP contribution in [0.2, 0.25) is 0 Å². The fourth-order valence-electron chi connectivity index (χ4n) is 4.07. The van der Waals surface area contributed by atoms with Crippen molar-refractivity contribution in [1.29, 1.82) is 0 Å². The maximum atomic E-state index is 11.7. The van der Waals surface area contributed by atoms with E-state index in [1.54, 1.807) is 12.5 Å². The van der Waals surface area contributed by atoms with Crippen LogP contribution in [0.1, 0.15) is 11.5 Å². The molecule has 2 aliphatic heterocycles. The lowest BCUT2D eigenvalue weighted by atomic mass is 10.1. The molecule has 0 radical (unpaired) electrons. The van der Waals surface area contributed by atoms with Gasteiger partial charge in [0.2, 0.25) is 0 Å². The summed E-state index contributed by atoms with van der Waals surface area (Å²) >= 11 is 0. The fourth-order valence-corrected chi connectivity index (χ4v) is 4.07. The largest absolute Gasteiger partial charge is 0.481 e. The maximum absolute atomic E-state index is 11.7. The third kappa shape index (κ3) is 4.00. The van der Waals surface area contributed by atoms with E-state index in [1.165, 1.54) is 0 Å². The Hall–Kier alpha value is -2.09. The van der Waals surface area contributed by atoms with Crippen LogP contribution in [0.5, 0.6) is 0 Å². The van der Waals surface area contributed by atoms with Crippen LogP contribution in [-0.2, 0) is 17.9 Å². The first-order chi connectivity index (χ1) is 12.7. The topological polar surface area (TPSA) is 73.3 Å². The zero-order chi connectivity index (χ0) is 17.9. The highest BCUT2D eigenvalue weighted by Crippen LogP contribution is 2.22. The van der Waals surface area contributed by atoms with Crippen LogP contribution >= 0.6 is 0 Å². The molecule has 2 atom stereocenters. The van der Waals surface area contributed by atoms with Gasteiger partial charge in [-0.15, -0.1) is 0 Å². The summed E-state index contributed by atoms with van der Waals surface area (Å²) in [6, 6.07) is 8.06. The van der Waals surface area contributed by atoms with Crippen molar-refractivity contribution < 1.29 is 18.7 Å². The lowest BCUT2D eigenvalue weighted by molar-refractivity contribution is -0.142. The van der Waals surface area contributed by atoms with E-state index in [1.807, 2.05) is 24.3 Å². The molecule has 26 heavy (non-hydrogen) atoms. The summed E-state index contributed by atoms with van der Waals surface area (Å²) in [4.78, 5) is 18.7. The molecule has 0 unspecified atom stereocenters. The van der Waals surface area contributed by atoms with E-state index in [9.17, 15) is 9.90 Å². The minimum Gasteiger partial charge on any atom is -0.481 e. The molecule has 0 amide bonds. The molecule has 0 aliphatic carbocycles. The van der Waals surface area contributed by atoms with Gasteiger partial charge in [0, 0.05) is 45.3 Å². The quantitative estimate of drug-likeness (QED) is 0.869. The van der Waals surface area contributed by atoms with Gasteiger partial charge in [0.25, 0.3) is 0 Å². The van der Waals surface area contributed by atoms with E-state index < -0.39 is 5.97 Å². The number of piperazine rings is 1. The molecular weight excluding hydrogens is 334 g/mol. The molecule has 1 N–H and O–H groups in total. The smallest absolute Gasteiger partial charge is 0.309 e. The normalized spacial score (nSPS) is 25.7. The molecule has 140 valence electrons. The van der Waals surface area contributed by atoms with Gasteiger partial charge < -0.3 is 13.9 Å². The third-order valence-corrected chi connectivity index (χ3v) is 5.36. The number of nitrogens with zero attached hydrogens (tertiary/aromatic N) is 3. The Labute approximate surface area is 152 Å².